The van der Waals surface area contributed by atoms with Crippen LogP contribution in [0.2, 0.25) is 0 Å². The summed E-state index contributed by atoms with van der Waals surface area (Å²) in [6, 6.07) is 12.1. The van der Waals surface area contributed by atoms with Gasteiger partial charge in [-0.15, -0.1) is 0 Å². The standard InChI is InChI=1S/C24H27F2N3O2/c1-15(2)28-11-3-4-16(13-28)14-29-23(22(25)26)27-21-10-7-18(12-20(21)24(29)31)17-5-8-19(30)9-6-17/h5-10,12,15-16,22,30H,3-4,11,13-14H2,1-2H3. The molecule has 0 saturated carbocycles. The van der Waals surface area contributed by atoms with E-state index in [9.17, 15) is 18.7 Å². The highest BCUT2D eigenvalue weighted by Crippen LogP contribution is 2.27. The van der Waals surface area contributed by atoms with Gasteiger partial charge in [-0.1, -0.05) is 18.2 Å². The maximum Gasteiger partial charge on any atom is 0.295 e. The molecule has 1 aliphatic rings. The fraction of sp³-hybridized carbons (Fsp3) is 0.417. The van der Waals surface area contributed by atoms with E-state index in [2.05, 4.69) is 23.7 Å². The Bertz CT molecular complexity index is 1130. The second-order valence-corrected chi connectivity index (χ2v) is 8.56. The molecule has 1 saturated heterocycles. The van der Waals surface area contributed by atoms with Crippen LogP contribution in [0.15, 0.2) is 47.3 Å². The molecule has 4 rings (SSSR count). The van der Waals surface area contributed by atoms with Crippen molar-refractivity contribution in [1.82, 2.24) is 14.5 Å². The Morgan fingerprint density at radius 2 is 1.84 bits per heavy atom. The van der Waals surface area contributed by atoms with Crippen LogP contribution in [0.5, 0.6) is 5.75 Å². The molecule has 1 N–H and O–H groups in total. The second-order valence-electron chi connectivity index (χ2n) is 8.56. The van der Waals surface area contributed by atoms with E-state index in [0.29, 0.717) is 11.4 Å². The van der Waals surface area contributed by atoms with Crippen LogP contribution in [0.25, 0.3) is 22.0 Å². The molecule has 2 heterocycles. The van der Waals surface area contributed by atoms with Gasteiger partial charge in [0.2, 0.25) is 0 Å². The Hall–Kier alpha value is -2.80. The molecule has 1 aromatic heterocycles. The summed E-state index contributed by atoms with van der Waals surface area (Å²) in [6.07, 6.45) is -0.920. The summed E-state index contributed by atoms with van der Waals surface area (Å²) >= 11 is 0. The van der Waals surface area contributed by atoms with E-state index in [0.717, 1.165) is 37.1 Å². The molecular formula is C24H27F2N3O2. The highest BCUT2D eigenvalue weighted by molar-refractivity contribution is 5.84. The maximum absolute atomic E-state index is 13.8. The number of phenols is 1. The molecule has 0 radical (unpaired) electrons. The number of fused-ring (bicyclic) bond motifs is 1. The molecule has 5 nitrogen and oxygen atoms in total. The van der Waals surface area contributed by atoms with Gasteiger partial charge < -0.3 is 10.0 Å². The lowest BCUT2D eigenvalue weighted by Gasteiger charge is -2.35. The van der Waals surface area contributed by atoms with Crippen LogP contribution in [0, 0.1) is 5.92 Å². The van der Waals surface area contributed by atoms with Gasteiger partial charge in [-0.05, 0) is 74.5 Å². The normalized spacial score (nSPS) is 17.7. The van der Waals surface area contributed by atoms with Crippen molar-refractivity contribution < 1.29 is 13.9 Å². The highest BCUT2D eigenvalue weighted by atomic mass is 19.3. The number of rotatable bonds is 5. The minimum atomic E-state index is -2.82. The first-order valence-corrected chi connectivity index (χ1v) is 10.7. The van der Waals surface area contributed by atoms with Gasteiger partial charge in [0.25, 0.3) is 12.0 Å². The zero-order chi connectivity index (χ0) is 22.1. The summed E-state index contributed by atoms with van der Waals surface area (Å²) in [5.74, 6) is -0.180. The third-order valence-corrected chi connectivity index (χ3v) is 6.10. The Labute approximate surface area is 180 Å². The molecule has 3 aromatic rings. The first-order valence-electron chi connectivity index (χ1n) is 10.7. The van der Waals surface area contributed by atoms with Gasteiger partial charge in [-0.25, -0.2) is 13.8 Å². The molecule has 0 spiro atoms. The minimum Gasteiger partial charge on any atom is -0.508 e. The minimum absolute atomic E-state index is 0.130. The number of likely N-dealkylation sites (tertiary alicyclic amines) is 1. The molecule has 7 heteroatoms. The lowest BCUT2D eigenvalue weighted by atomic mass is 9.96. The number of phenolic OH excluding ortho intramolecular Hbond substituents is 1. The number of aromatic hydroxyl groups is 1. The first-order chi connectivity index (χ1) is 14.8. The SMILES string of the molecule is CC(C)N1CCCC(Cn2c(C(F)F)nc3ccc(-c4ccc(O)cc4)cc3c2=O)C1. The summed E-state index contributed by atoms with van der Waals surface area (Å²) in [6.45, 7) is 6.28. The van der Waals surface area contributed by atoms with Crippen LogP contribution in [-0.4, -0.2) is 38.7 Å². The van der Waals surface area contributed by atoms with Gasteiger partial charge in [0, 0.05) is 19.1 Å². The number of nitrogens with zero attached hydrogens (tertiary/aromatic N) is 3. The lowest BCUT2D eigenvalue weighted by Crippen LogP contribution is -2.42. The monoisotopic (exact) mass is 427 g/mol. The van der Waals surface area contributed by atoms with E-state index in [4.69, 9.17) is 0 Å². The van der Waals surface area contributed by atoms with Crippen LogP contribution >= 0.6 is 0 Å². The number of piperidine rings is 1. The van der Waals surface area contributed by atoms with E-state index < -0.39 is 17.8 Å². The summed E-state index contributed by atoms with van der Waals surface area (Å²) in [4.78, 5) is 19.8. The van der Waals surface area contributed by atoms with Gasteiger partial charge in [0.05, 0.1) is 10.9 Å². The van der Waals surface area contributed by atoms with E-state index in [1.54, 1.807) is 42.5 Å². The van der Waals surface area contributed by atoms with Gasteiger partial charge in [-0.2, -0.15) is 0 Å². The Morgan fingerprint density at radius 3 is 2.52 bits per heavy atom. The number of hydrogen-bond donors (Lipinski definition) is 1. The third kappa shape index (κ3) is 4.46. The predicted molar refractivity (Wildman–Crippen MR) is 117 cm³/mol. The van der Waals surface area contributed by atoms with E-state index >= 15 is 0 Å². The molecule has 31 heavy (non-hydrogen) atoms. The summed E-state index contributed by atoms with van der Waals surface area (Å²) < 4.78 is 28.8. The molecule has 0 amide bonds. The molecule has 1 aliphatic heterocycles. The van der Waals surface area contributed by atoms with Gasteiger partial charge in [0.1, 0.15) is 5.75 Å². The molecule has 0 aliphatic carbocycles. The first kappa shape index (κ1) is 21.4. The molecule has 1 fully saturated rings. The van der Waals surface area contributed by atoms with Crippen molar-refractivity contribution >= 4 is 10.9 Å². The predicted octanol–water partition coefficient (Wildman–Crippen LogP) is 4.83. The molecule has 0 bridgehead atoms. The largest absolute Gasteiger partial charge is 0.508 e. The second kappa shape index (κ2) is 8.75. The fourth-order valence-electron chi connectivity index (χ4n) is 4.39. The molecule has 1 unspecified atom stereocenters. The number of hydrogen-bond acceptors (Lipinski definition) is 4. The van der Waals surface area contributed by atoms with Crippen molar-refractivity contribution in [2.24, 2.45) is 5.92 Å². The number of alkyl halides is 2. The van der Waals surface area contributed by atoms with Crippen molar-refractivity contribution in [3.8, 4) is 16.9 Å². The molecule has 1 atom stereocenters. The molecular weight excluding hydrogens is 400 g/mol. The average Bonchev–Trinajstić information content (AvgIpc) is 2.76. The summed E-state index contributed by atoms with van der Waals surface area (Å²) in [5, 5.41) is 9.83. The Morgan fingerprint density at radius 1 is 1.13 bits per heavy atom. The van der Waals surface area contributed by atoms with E-state index in [1.165, 1.54) is 4.57 Å². The molecule has 2 aromatic carbocycles. The van der Waals surface area contributed by atoms with Gasteiger partial charge >= 0.3 is 0 Å². The van der Waals surface area contributed by atoms with Gasteiger partial charge in [0.15, 0.2) is 5.82 Å². The van der Waals surface area contributed by atoms with Crippen LogP contribution in [0.4, 0.5) is 8.78 Å². The summed E-state index contributed by atoms with van der Waals surface area (Å²) in [7, 11) is 0. The van der Waals surface area contributed by atoms with Crippen molar-refractivity contribution in [3.63, 3.8) is 0 Å². The summed E-state index contributed by atoms with van der Waals surface area (Å²) in [5.41, 5.74) is 1.43. The van der Waals surface area contributed by atoms with Crippen molar-refractivity contribution in [2.75, 3.05) is 13.1 Å². The van der Waals surface area contributed by atoms with E-state index in [-0.39, 0.29) is 23.7 Å². The van der Waals surface area contributed by atoms with Crippen LogP contribution in [0.1, 0.15) is 38.9 Å². The van der Waals surface area contributed by atoms with Crippen LogP contribution < -0.4 is 5.56 Å². The smallest absolute Gasteiger partial charge is 0.295 e. The average molecular weight is 427 g/mol. The topological polar surface area (TPSA) is 58.4 Å². The fourth-order valence-corrected chi connectivity index (χ4v) is 4.39. The lowest BCUT2D eigenvalue weighted by molar-refractivity contribution is 0.114. The van der Waals surface area contributed by atoms with Crippen LogP contribution in [0.3, 0.4) is 0 Å². The molecule has 164 valence electrons. The zero-order valence-corrected chi connectivity index (χ0v) is 17.8. The van der Waals surface area contributed by atoms with Crippen molar-refractivity contribution in [3.05, 3.63) is 58.6 Å². The number of benzene rings is 2. The zero-order valence-electron chi connectivity index (χ0n) is 17.8. The Balaban J connectivity index is 1.75. The van der Waals surface area contributed by atoms with Crippen LogP contribution in [-0.2, 0) is 6.54 Å². The highest BCUT2D eigenvalue weighted by Gasteiger charge is 2.26. The van der Waals surface area contributed by atoms with Gasteiger partial charge in [-0.3, -0.25) is 9.36 Å². The third-order valence-electron chi connectivity index (χ3n) is 6.10. The maximum atomic E-state index is 13.8. The quantitative estimate of drug-likeness (QED) is 0.634. The number of halogens is 2. The van der Waals surface area contributed by atoms with E-state index in [1.807, 2.05) is 0 Å². The van der Waals surface area contributed by atoms with Crippen molar-refractivity contribution in [2.45, 2.75) is 45.7 Å². The number of aromatic nitrogens is 2. The Kier molecular flexibility index (Phi) is 6.05. The van der Waals surface area contributed by atoms with Crippen molar-refractivity contribution in [1.29, 1.82) is 0 Å².